The van der Waals surface area contributed by atoms with Crippen LogP contribution in [-0.4, -0.2) is 43.4 Å². The van der Waals surface area contributed by atoms with Gasteiger partial charge in [0.25, 0.3) is 0 Å². The van der Waals surface area contributed by atoms with Crippen LogP contribution in [0.5, 0.6) is 0 Å². The van der Waals surface area contributed by atoms with E-state index in [4.69, 9.17) is 5.73 Å². The second kappa shape index (κ2) is 7.27. The zero-order valence-electron chi connectivity index (χ0n) is 11.4. The molecule has 0 saturated heterocycles. The van der Waals surface area contributed by atoms with Gasteiger partial charge >= 0.3 is 0 Å². The lowest BCUT2D eigenvalue weighted by Gasteiger charge is -2.28. The number of nitrogens with zero attached hydrogens (tertiary/aromatic N) is 1. The van der Waals surface area contributed by atoms with Crippen molar-refractivity contribution in [2.45, 2.75) is 33.6 Å². The topological polar surface area (TPSA) is 75.4 Å². The number of nitrogens with two attached hydrogens (primary N) is 1. The maximum atomic E-state index is 12.0. The predicted octanol–water partition coefficient (Wildman–Crippen LogP) is 0.346. The van der Waals surface area contributed by atoms with Crippen LogP contribution in [0.15, 0.2) is 0 Å². The van der Waals surface area contributed by atoms with Crippen LogP contribution in [0.2, 0.25) is 0 Å². The molecule has 0 spiro atoms. The number of carbonyl (C=O) groups excluding carboxylic acids is 2. The molecule has 0 aliphatic carbocycles. The molecule has 0 unspecified atom stereocenters. The molecule has 100 valence electrons. The summed E-state index contributed by atoms with van der Waals surface area (Å²) in [6.45, 7) is 6.76. The average molecular weight is 243 g/mol. The number of likely N-dealkylation sites (N-methyl/N-ethyl adjacent to an activating group) is 1. The normalized spacial score (nSPS) is 11.1. The third kappa shape index (κ3) is 4.00. The number of hydrogen-bond donors (Lipinski definition) is 2. The Bertz CT molecular complexity index is 254. The van der Waals surface area contributed by atoms with Gasteiger partial charge in [-0.05, 0) is 19.8 Å². The van der Waals surface area contributed by atoms with Gasteiger partial charge in [0.05, 0.1) is 12.0 Å². The lowest BCUT2D eigenvalue weighted by Crippen LogP contribution is -2.48. The summed E-state index contributed by atoms with van der Waals surface area (Å²) in [7, 11) is 1.71. The van der Waals surface area contributed by atoms with Crippen LogP contribution in [0, 0.1) is 5.41 Å². The lowest BCUT2D eigenvalue weighted by atomic mass is 9.81. The molecule has 0 aliphatic rings. The van der Waals surface area contributed by atoms with Gasteiger partial charge in [-0.3, -0.25) is 9.59 Å². The highest BCUT2D eigenvalue weighted by Gasteiger charge is 2.33. The Morgan fingerprint density at radius 3 is 2.12 bits per heavy atom. The van der Waals surface area contributed by atoms with E-state index in [9.17, 15) is 9.59 Å². The van der Waals surface area contributed by atoms with Crippen LogP contribution >= 0.6 is 0 Å². The smallest absolute Gasteiger partial charge is 0.241 e. The van der Waals surface area contributed by atoms with Gasteiger partial charge in [-0.2, -0.15) is 0 Å². The number of nitrogens with one attached hydrogen (secondary N) is 1. The Morgan fingerprint density at radius 1 is 1.24 bits per heavy atom. The van der Waals surface area contributed by atoms with E-state index in [-0.39, 0.29) is 18.4 Å². The van der Waals surface area contributed by atoms with Crippen LogP contribution in [-0.2, 0) is 9.59 Å². The molecule has 0 bridgehead atoms. The average Bonchev–Trinajstić information content (AvgIpc) is 2.37. The molecule has 0 fully saturated rings. The number of rotatable bonds is 7. The van der Waals surface area contributed by atoms with Crippen LogP contribution < -0.4 is 11.1 Å². The summed E-state index contributed by atoms with van der Waals surface area (Å²) in [5, 5.41) is 2.68. The molecule has 5 heteroatoms. The molecule has 0 aromatic carbocycles. The summed E-state index contributed by atoms with van der Waals surface area (Å²) in [4.78, 5) is 25.1. The number of amides is 2. The van der Waals surface area contributed by atoms with Crippen molar-refractivity contribution >= 4 is 11.8 Å². The molecular formula is C12H25N3O2. The van der Waals surface area contributed by atoms with E-state index < -0.39 is 5.41 Å². The highest BCUT2D eigenvalue weighted by Crippen LogP contribution is 2.24. The highest BCUT2D eigenvalue weighted by molar-refractivity contribution is 5.87. The number of hydrogen-bond acceptors (Lipinski definition) is 3. The second-order valence-corrected chi connectivity index (χ2v) is 4.28. The Morgan fingerprint density at radius 2 is 1.76 bits per heavy atom. The van der Waals surface area contributed by atoms with Gasteiger partial charge in [-0.1, -0.05) is 13.8 Å². The maximum Gasteiger partial charge on any atom is 0.241 e. The third-order valence-electron chi connectivity index (χ3n) is 3.53. The Balaban J connectivity index is 4.39. The SMILES string of the molecule is CCN(C)C(=O)CNC(=O)C(CC)(CC)CN. The molecule has 2 amide bonds. The van der Waals surface area contributed by atoms with E-state index in [1.807, 2.05) is 20.8 Å². The Labute approximate surface area is 104 Å². The van der Waals surface area contributed by atoms with Crippen molar-refractivity contribution in [2.24, 2.45) is 11.1 Å². The standard InChI is InChI=1S/C12H25N3O2/c1-5-12(6-2,9-13)11(17)14-8-10(16)15(4)7-3/h5-9,13H2,1-4H3,(H,14,17). The quantitative estimate of drug-likeness (QED) is 0.677. The zero-order chi connectivity index (χ0) is 13.5. The van der Waals surface area contributed by atoms with Crippen molar-refractivity contribution in [3.8, 4) is 0 Å². The summed E-state index contributed by atoms with van der Waals surface area (Å²) in [6.07, 6.45) is 1.37. The molecule has 0 atom stereocenters. The summed E-state index contributed by atoms with van der Waals surface area (Å²) in [6, 6.07) is 0. The fourth-order valence-corrected chi connectivity index (χ4v) is 1.61. The molecule has 0 heterocycles. The molecule has 0 radical (unpaired) electrons. The Hall–Kier alpha value is -1.10. The van der Waals surface area contributed by atoms with Crippen molar-refractivity contribution in [1.29, 1.82) is 0 Å². The first-order chi connectivity index (χ1) is 7.97. The first-order valence-corrected chi connectivity index (χ1v) is 6.19. The molecule has 3 N–H and O–H groups in total. The van der Waals surface area contributed by atoms with Crippen molar-refractivity contribution in [1.82, 2.24) is 10.2 Å². The molecule has 0 rings (SSSR count). The molecule has 0 aromatic rings. The van der Waals surface area contributed by atoms with Gasteiger partial charge in [0.2, 0.25) is 11.8 Å². The van der Waals surface area contributed by atoms with Gasteiger partial charge in [0, 0.05) is 20.1 Å². The van der Waals surface area contributed by atoms with Crippen molar-refractivity contribution < 1.29 is 9.59 Å². The van der Waals surface area contributed by atoms with Crippen LogP contribution in [0.3, 0.4) is 0 Å². The highest BCUT2D eigenvalue weighted by atomic mass is 16.2. The monoisotopic (exact) mass is 243 g/mol. The largest absolute Gasteiger partial charge is 0.347 e. The van der Waals surface area contributed by atoms with Gasteiger partial charge in [-0.15, -0.1) is 0 Å². The predicted molar refractivity (Wildman–Crippen MR) is 68.4 cm³/mol. The summed E-state index contributed by atoms with van der Waals surface area (Å²) < 4.78 is 0. The number of carbonyl (C=O) groups is 2. The van der Waals surface area contributed by atoms with E-state index in [1.165, 1.54) is 0 Å². The molecule has 17 heavy (non-hydrogen) atoms. The first kappa shape index (κ1) is 15.9. The van der Waals surface area contributed by atoms with Crippen LogP contribution in [0.4, 0.5) is 0 Å². The van der Waals surface area contributed by atoms with Crippen molar-refractivity contribution in [2.75, 3.05) is 26.7 Å². The van der Waals surface area contributed by atoms with Crippen molar-refractivity contribution in [3.05, 3.63) is 0 Å². The Kier molecular flexibility index (Phi) is 6.80. The minimum absolute atomic E-state index is 0.0466. The van der Waals surface area contributed by atoms with Gasteiger partial charge < -0.3 is 16.0 Å². The first-order valence-electron chi connectivity index (χ1n) is 6.19. The maximum absolute atomic E-state index is 12.0. The van der Waals surface area contributed by atoms with Crippen LogP contribution in [0.25, 0.3) is 0 Å². The molecule has 5 nitrogen and oxygen atoms in total. The fraction of sp³-hybridized carbons (Fsp3) is 0.833. The van der Waals surface area contributed by atoms with Gasteiger partial charge in [0.15, 0.2) is 0 Å². The van der Waals surface area contributed by atoms with E-state index in [0.29, 0.717) is 25.9 Å². The third-order valence-corrected chi connectivity index (χ3v) is 3.53. The zero-order valence-corrected chi connectivity index (χ0v) is 11.4. The van der Waals surface area contributed by atoms with E-state index in [2.05, 4.69) is 5.32 Å². The summed E-state index contributed by atoms with van der Waals surface area (Å²) >= 11 is 0. The van der Waals surface area contributed by atoms with Gasteiger partial charge in [0.1, 0.15) is 0 Å². The summed E-state index contributed by atoms with van der Waals surface area (Å²) in [5.41, 5.74) is 5.13. The van der Waals surface area contributed by atoms with Gasteiger partial charge in [-0.25, -0.2) is 0 Å². The van der Waals surface area contributed by atoms with Crippen LogP contribution in [0.1, 0.15) is 33.6 Å². The van der Waals surface area contributed by atoms with Crippen molar-refractivity contribution in [3.63, 3.8) is 0 Å². The molecule has 0 aromatic heterocycles. The molecule has 0 saturated carbocycles. The van der Waals surface area contributed by atoms with E-state index in [1.54, 1.807) is 11.9 Å². The lowest BCUT2D eigenvalue weighted by molar-refractivity contribution is -0.135. The molecular weight excluding hydrogens is 218 g/mol. The minimum atomic E-state index is -0.537. The molecule has 0 aliphatic heterocycles. The van der Waals surface area contributed by atoms with E-state index in [0.717, 1.165) is 0 Å². The fourth-order valence-electron chi connectivity index (χ4n) is 1.61. The summed E-state index contributed by atoms with van der Waals surface area (Å²) in [5.74, 6) is -0.207. The second-order valence-electron chi connectivity index (χ2n) is 4.28. The minimum Gasteiger partial charge on any atom is -0.347 e. The van der Waals surface area contributed by atoms with E-state index >= 15 is 0 Å².